The molecule has 70 valence electrons. The lowest BCUT2D eigenvalue weighted by Crippen LogP contribution is -2.38. The van der Waals surface area contributed by atoms with Crippen LogP contribution in [0.3, 0.4) is 0 Å². The third-order valence-corrected chi connectivity index (χ3v) is 3.29. The van der Waals surface area contributed by atoms with E-state index in [-0.39, 0.29) is 0 Å². The summed E-state index contributed by atoms with van der Waals surface area (Å²) in [5.41, 5.74) is 0. The van der Waals surface area contributed by atoms with Crippen LogP contribution in [-0.2, 0) is 9.59 Å². The van der Waals surface area contributed by atoms with Gasteiger partial charge in [-0.3, -0.25) is 9.59 Å². The van der Waals surface area contributed by atoms with Crippen LogP contribution in [0.2, 0.25) is 0 Å². The quantitative estimate of drug-likeness (QED) is 0.617. The van der Waals surface area contributed by atoms with Gasteiger partial charge in [-0.2, -0.15) is 0 Å². The van der Waals surface area contributed by atoms with Crippen molar-refractivity contribution in [3.63, 3.8) is 0 Å². The van der Waals surface area contributed by atoms with Crippen molar-refractivity contribution in [1.29, 1.82) is 0 Å². The fourth-order valence-corrected chi connectivity index (χ4v) is 1.58. The van der Waals surface area contributed by atoms with Gasteiger partial charge in [0.25, 0.3) is 0 Å². The van der Waals surface area contributed by atoms with Crippen LogP contribution in [0.5, 0.6) is 0 Å². The van der Waals surface area contributed by atoms with E-state index in [9.17, 15) is 9.59 Å². The molecule has 4 nitrogen and oxygen atoms in total. The van der Waals surface area contributed by atoms with E-state index >= 15 is 0 Å². The third-order valence-electron chi connectivity index (χ3n) is 1.65. The van der Waals surface area contributed by atoms with Crippen molar-refractivity contribution in [3.05, 3.63) is 19.9 Å². The molecular formula is C8H2Br2N2O2. The van der Waals surface area contributed by atoms with Gasteiger partial charge >= 0.3 is 0 Å². The van der Waals surface area contributed by atoms with Crippen molar-refractivity contribution in [2.24, 2.45) is 0 Å². The summed E-state index contributed by atoms with van der Waals surface area (Å²) in [6.45, 7) is 0. The standard InChI is InChI=1S/C8H2Br2N2O2/c9-7-8(10)12-4-2-6(14)5(13)1-3(4)11-7/h1-2H. The lowest BCUT2D eigenvalue weighted by Gasteiger charge is -1.99. The number of Topliss-reactive ketones (excluding diaryl/α,β-unsaturated/α-hetero) is 2. The number of halogens is 2. The molecule has 0 spiro atoms. The van der Waals surface area contributed by atoms with E-state index in [1.54, 1.807) is 0 Å². The number of carbonyl (C=O) groups is 2. The second-order valence-corrected chi connectivity index (χ2v) is 4.10. The molecule has 0 radical (unpaired) electrons. The number of nitrogens with zero attached hydrogens (tertiary/aromatic N) is 2. The molecule has 0 amide bonds. The van der Waals surface area contributed by atoms with Crippen LogP contribution in [0.15, 0.2) is 9.21 Å². The highest BCUT2D eigenvalue weighted by atomic mass is 79.9. The minimum atomic E-state index is -0.568. The van der Waals surface area contributed by atoms with Gasteiger partial charge in [-0.05, 0) is 31.9 Å². The normalized spacial score (nSPS) is 14.4. The Morgan fingerprint density at radius 2 is 1.21 bits per heavy atom. The van der Waals surface area contributed by atoms with E-state index in [2.05, 4.69) is 41.8 Å². The number of hydrogen-bond acceptors (Lipinski definition) is 4. The lowest BCUT2D eigenvalue weighted by molar-refractivity contribution is -0.129. The minimum absolute atomic E-state index is 0.407. The molecule has 0 aromatic carbocycles. The molecule has 6 heteroatoms. The van der Waals surface area contributed by atoms with Crippen LogP contribution < -0.4 is 10.7 Å². The van der Waals surface area contributed by atoms with Gasteiger partial charge in [0.1, 0.15) is 9.21 Å². The molecule has 0 atom stereocenters. The predicted octanol–water partition coefficient (Wildman–Crippen LogP) is -0.286. The third kappa shape index (κ3) is 1.55. The van der Waals surface area contributed by atoms with Crippen LogP contribution in [-0.4, -0.2) is 21.5 Å². The Kier molecular flexibility index (Phi) is 2.32. The molecule has 0 fully saturated rings. The molecule has 0 N–H and O–H groups in total. The monoisotopic (exact) mass is 316 g/mol. The Balaban J connectivity index is 2.87. The molecular weight excluding hydrogens is 316 g/mol. The second-order valence-electron chi connectivity index (χ2n) is 2.59. The second kappa shape index (κ2) is 3.36. The first kappa shape index (κ1) is 9.67. The first-order valence-electron chi connectivity index (χ1n) is 3.59. The Morgan fingerprint density at radius 3 is 1.57 bits per heavy atom. The molecule has 0 aliphatic heterocycles. The van der Waals surface area contributed by atoms with Gasteiger partial charge in [-0.1, -0.05) is 0 Å². The topological polar surface area (TPSA) is 59.9 Å². The maximum atomic E-state index is 11.0. The van der Waals surface area contributed by atoms with Gasteiger partial charge in [0, 0.05) is 12.2 Å². The number of carbonyl (C=O) groups excluding carboxylic acids is 2. The van der Waals surface area contributed by atoms with Crippen LogP contribution in [0.1, 0.15) is 0 Å². The maximum Gasteiger partial charge on any atom is 0.228 e. The first-order valence-corrected chi connectivity index (χ1v) is 5.17. The lowest BCUT2D eigenvalue weighted by atomic mass is 10.1. The van der Waals surface area contributed by atoms with E-state index in [1.165, 1.54) is 12.2 Å². The van der Waals surface area contributed by atoms with Gasteiger partial charge in [-0.25, -0.2) is 9.97 Å². The Morgan fingerprint density at radius 1 is 0.857 bits per heavy atom. The zero-order chi connectivity index (χ0) is 10.3. The summed E-state index contributed by atoms with van der Waals surface area (Å²) in [6, 6.07) is 0. The molecule has 14 heavy (non-hydrogen) atoms. The van der Waals surface area contributed by atoms with E-state index in [0.29, 0.717) is 19.9 Å². The van der Waals surface area contributed by atoms with Crippen LogP contribution in [0.4, 0.5) is 0 Å². The summed E-state index contributed by atoms with van der Waals surface area (Å²) in [6.07, 6.45) is 2.36. The Labute approximate surface area is 95.0 Å². The molecule has 1 aromatic heterocycles. The minimum Gasteiger partial charge on any atom is -0.285 e. The summed E-state index contributed by atoms with van der Waals surface area (Å²) in [4.78, 5) is 30.1. The van der Waals surface area contributed by atoms with Crippen molar-refractivity contribution in [2.75, 3.05) is 0 Å². The van der Waals surface area contributed by atoms with E-state index in [0.717, 1.165) is 0 Å². The van der Waals surface area contributed by atoms with Gasteiger partial charge < -0.3 is 0 Å². The molecule has 0 unspecified atom stereocenters. The van der Waals surface area contributed by atoms with Crippen molar-refractivity contribution in [1.82, 2.24) is 9.97 Å². The van der Waals surface area contributed by atoms with E-state index in [1.807, 2.05) is 0 Å². The van der Waals surface area contributed by atoms with E-state index in [4.69, 9.17) is 0 Å². The summed E-state index contributed by atoms with van der Waals surface area (Å²) < 4.78 is 1.01. The van der Waals surface area contributed by atoms with Crippen molar-refractivity contribution in [3.8, 4) is 0 Å². The highest BCUT2D eigenvalue weighted by molar-refractivity contribution is 9.13. The van der Waals surface area contributed by atoms with Crippen molar-refractivity contribution < 1.29 is 9.59 Å². The smallest absolute Gasteiger partial charge is 0.228 e. The molecule has 0 saturated heterocycles. The van der Waals surface area contributed by atoms with Crippen LogP contribution >= 0.6 is 31.9 Å². The number of aromatic nitrogens is 2. The van der Waals surface area contributed by atoms with Crippen LogP contribution in [0, 0.1) is 0 Å². The number of ketones is 2. The Bertz CT molecular complexity index is 514. The molecule has 1 aromatic rings. The van der Waals surface area contributed by atoms with Crippen LogP contribution in [0.25, 0.3) is 12.2 Å². The Hall–Kier alpha value is -0.880. The summed E-state index contributed by atoms with van der Waals surface area (Å²) >= 11 is 6.32. The highest BCUT2D eigenvalue weighted by Gasteiger charge is 2.14. The maximum absolute atomic E-state index is 11.0. The molecule has 0 saturated carbocycles. The summed E-state index contributed by atoms with van der Waals surface area (Å²) in [5, 5.41) is 0.814. The summed E-state index contributed by atoms with van der Waals surface area (Å²) in [7, 11) is 0. The van der Waals surface area contributed by atoms with Gasteiger partial charge in [0.15, 0.2) is 0 Å². The largest absolute Gasteiger partial charge is 0.285 e. The van der Waals surface area contributed by atoms with Crippen molar-refractivity contribution in [2.45, 2.75) is 0 Å². The average molecular weight is 318 g/mol. The molecule has 1 aliphatic carbocycles. The van der Waals surface area contributed by atoms with Gasteiger partial charge in [0.2, 0.25) is 11.6 Å². The average Bonchev–Trinajstić information content (AvgIpc) is 2.11. The zero-order valence-corrected chi connectivity index (χ0v) is 9.79. The fraction of sp³-hybridized carbons (Fsp3) is 0. The molecule has 0 bridgehead atoms. The predicted molar refractivity (Wildman–Crippen MR) is 55.6 cm³/mol. The van der Waals surface area contributed by atoms with Gasteiger partial charge in [0.05, 0.1) is 10.7 Å². The van der Waals surface area contributed by atoms with Gasteiger partial charge in [-0.15, -0.1) is 0 Å². The zero-order valence-electron chi connectivity index (χ0n) is 6.62. The molecule has 1 heterocycles. The summed E-state index contributed by atoms with van der Waals surface area (Å²) in [5.74, 6) is -1.14. The first-order chi connectivity index (χ1) is 6.58. The van der Waals surface area contributed by atoms with E-state index < -0.39 is 11.6 Å². The highest BCUT2D eigenvalue weighted by Crippen LogP contribution is 2.13. The fourth-order valence-electron chi connectivity index (χ4n) is 1.02. The number of hydrogen-bond donors (Lipinski definition) is 0. The SMILES string of the molecule is O=C1C=c2nc(Br)c(Br)nc2=CC1=O. The number of fused-ring (bicyclic) bond motifs is 1. The van der Waals surface area contributed by atoms with Crippen molar-refractivity contribution >= 4 is 55.6 Å². The number of rotatable bonds is 0. The molecule has 1 aliphatic rings. The molecule has 2 rings (SSSR count).